The molecule has 0 bridgehead atoms. The van der Waals surface area contributed by atoms with Crippen LogP contribution in [-0.2, 0) is 10.4 Å². The Hall–Kier alpha value is -2.78. The van der Waals surface area contributed by atoms with Crippen molar-refractivity contribution in [1.29, 1.82) is 0 Å². The molecule has 1 aromatic carbocycles. The van der Waals surface area contributed by atoms with Crippen LogP contribution < -0.4 is 5.32 Å². The van der Waals surface area contributed by atoms with Gasteiger partial charge in [0.2, 0.25) is 5.95 Å². The second-order valence-electron chi connectivity index (χ2n) is 8.53. The minimum absolute atomic E-state index is 0.239. The van der Waals surface area contributed by atoms with Gasteiger partial charge in [0.05, 0.1) is 10.8 Å². The number of aliphatic hydroxyl groups is 1. The molecule has 2 aromatic heterocycles. The molecule has 1 aliphatic rings. The smallest absolute Gasteiger partial charge is 0.306 e. The van der Waals surface area contributed by atoms with E-state index in [1.165, 1.54) is 11.3 Å². The molecule has 0 spiro atoms. The zero-order valence-electron chi connectivity index (χ0n) is 17.9. The lowest BCUT2D eigenvalue weighted by atomic mass is 9.79. The molecule has 1 saturated carbocycles. The predicted molar refractivity (Wildman–Crippen MR) is 119 cm³/mol. The molecule has 0 radical (unpaired) electrons. The fraction of sp³-hybridized carbons (Fsp3) is 0.455. The van der Waals surface area contributed by atoms with Crippen molar-refractivity contribution in [2.45, 2.75) is 58.1 Å². The fourth-order valence-electron chi connectivity index (χ4n) is 3.89. The van der Waals surface area contributed by atoms with Gasteiger partial charge in [-0.1, -0.05) is 6.07 Å². The first-order chi connectivity index (χ1) is 14.7. The Morgan fingerprint density at radius 3 is 2.65 bits per heavy atom. The van der Waals surface area contributed by atoms with Gasteiger partial charge in [0, 0.05) is 17.9 Å². The second-order valence-corrected chi connectivity index (χ2v) is 9.56. The highest BCUT2D eigenvalue weighted by atomic mass is 32.1. The third kappa shape index (κ3) is 4.62. The van der Waals surface area contributed by atoms with E-state index >= 15 is 0 Å². The Labute approximate surface area is 185 Å². The highest BCUT2D eigenvalue weighted by Crippen LogP contribution is 2.43. The summed E-state index contributed by atoms with van der Waals surface area (Å²) < 4.78 is 1.80. The molecule has 0 atom stereocenters. The average molecular weight is 442 g/mol. The number of nitrogens with one attached hydrogen (secondary N) is 1. The summed E-state index contributed by atoms with van der Waals surface area (Å²) in [6.45, 7) is 6.12. The zero-order chi connectivity index (χ0) is 22.2. The average Bonchev–Trinajstić information content (AvgIpc) is 3.38. The summed E-state index contributed by atoms with van der Waals surface area (Å²) >= 11 is 1.46. The number of carboxylic acid groups (broad SMARTS) is 1. The molecule has 1 aliphatic carbocycles. The predicted octanol–water partition coefficient (Wildman–Crippen LogP) is 4.50. The molecule has 3 aromatic rings. The SMILES string of the molecule is Cc1cc(Nc2ncn(C(C)C)n2)cc(-c2cnc([C@]3(O)CC[C@H](C(=O)O)CC3)s2)c1. The van der Waals surface area contributed by atoms with Crippen LogP contribution in [-0.4, -0.2) is 35.9 Å². The monoisotopic (exact) mass is 441 g/mol. The Morgan fingerprint density at radius 2 is 2.00 bits per heavy atom. The van der Waals surface area contributed by atoms with Crippen LogP contribution in [0.15, 0.2) is 30.7 Å². The maximum Gasteiger partial charge on any atom is 0.306 e. The number of hydrogen-bond acceptors (Lipinski definition) is 7. The van der Waals surface area contributed by atoms with Crippen LogP contribution in [0, 0.1) is 12.8 Å². The first-order valence-corrected chi connectivity index (χ1v) is 11.3. The highest BCUT2D eigenvalue weighted by molar-refractivity contribution is 7.15. The third-order valence-corrected chi connectivity index (χ3v) is 6.96. The lowest BCUT2D eigenvalue weighted by molar-refractivity contribution is -0.145. The van der Waals surface area contributed by atoms with E-state index in [-0.39, 0.29) is 12.0 Å². The number of benzene rings is 1. The standard InChI is InChI=1S/C22H27N5O3S/c1-13(2)27-12-24-21(26-27)25-17-9-14(3)8-16(10-17)18-11-23-20(31-18)22(30)6-4-15(5-7-22)19(28)29/h8-13,15,30H,4-7H2,1-3H3,(H,25,26)(H,28,29)/t15-,22-. The van der Waals surface area contributed by atoms with Gasteiger partial charge in [-0.25, -0.2) is 14.6 Å². The summed E-state index contributed by atoms with van der Waals surface area (Å²) in [5.74, 6) is -0.618. The Kier molecular flexibility index (Phi) is 5.81. The molecule has 0 unspecified atom stereocenters. The zero-order valence-corrected chi connectivity index (χ0v) is 18.7. The van der Waals surface area contributed by atoms with Crippen molar-refractivity contribution >= 4 is 28.9 Å². The van der Waals surface area contributed by atoms with Crippen molar-refractivity contribution in [2.24, 2.45) is 5.92 Å². The van der Waals surface area contributed by atoms with Crippen LogP contribution in [0.3, 0.4) is 0 Å². The molecule has 3 N–H and O–H groups in total. The van der Waals surface area contributed by atoms with E-state index in [2.05, 4.69) is 26.4 Å². The second kappa shape index (κ2) is 8.39. The van der Waals surface area contributed by atoms with Gasteiger partial charge >= 0.3 is 5.97 Å². The first-order valence-electron chi connectivity index (χ1n) is 10.5. The maximum absolute atomic E-state index is 11.2. The van der Waals surface area contributed by atoms with E-state index < -0.39 is 11.6 Å². The van der Waals surface area contributed by atoms with E-state index in [4.69, 9.17) is 0 Å². The van der Waals surface area contributed by atoms with Crippen LogP contribution in [0.4, 0.5) is 11.6 Å². The van der Waals surface area contributed by atoms with Crippen molar-refractivity contribution in [2.75, 3.05) is 5.32 Å². The summed E-state index contributed by atoms with van der Waals surface area (Å²) in [6, 6.07) is 6.37. The lowest BCUT2D eigenvalue weighted by Gasteiger charge is -2.32. The van der Waals surface area contributed by atoms with Gasteiger partial charge in [0.15, 0.2) is 0 Å². The Balaban J connectivity index is 1.54. The van der Waals surface area contributed by atoms with E-state index in [0.717, 1.165) is 21.7 Å². The number of hydrogen-bond donors (Lipinski definition) is 3. The van der Waals surface area contributed by atoms with E-state index in [1.807, 2.05) is 32.9 Å². The lowest BCUT2D eigenvalue weighted by Crippen LogP contribution is -2.33. The van der Waals surface area contributed by atoms with Crippen LogP contribution in [0.2, 0.25) is 0 Å². The summed E-state index contributed by atoms with van der Waals surface area (Å²) in [7, 11) is 0. The van der Waals surface area contributed by atoms with Crippen molar-refractivity contribution in [3.63, 3.8) is 0 Å². The summed E-state index contributed by atoms with van der Waals surface area (Å²) in [5, 5.41) is 28.6. The van der Waals surface area contributed by atoms with Gasteiger partial charge in [-0.2, -0.15) is 0 Å². The molecule has 4 rings (SSSR count). The van der Waals surface area contributed by atoms with Crippen LogP contribution in [0.5, 0.6) is 0 Å². The molecule has 0 aliphatic heterocycles. The number of aliphatic carboxylic acids is 1. The van der Waals surface area contributed by atoms with Gasteiger partial charge in [0.25, 0.3) is 0 Å². The molecule has 0 saturated heterocycles. The van der Waals surface area contributed by atoms with E-state index in [9.17, 15) is 15.0 Å². The van der Waals surface area contributed by atoms with Crippen molar-refractivity contribution in [3.05, 3.63) is 41.3 Å². The quantitative estimate of drug-likeness (QED) is 0.516. The van der Waals surface area contributed by atoms with Crippen LogP contribution in [0.25, 0.3) is 10.4 Å². The number of rotatable bonds is 6. The molecule has 9 heteroatoms. The number of aromatic nitrogens is 4. The number of aryl methyl sites for hydroxylation is 1. The van der Waals surface area contributed by atoms with Crippen molar-refractivity contribution in [3.8, 4) is 10.4 Å². The molecular formula is C22H27N5O3S. The van der Waals surface area contributed by atoms with Crippen molar-refractivity contribution < 1.29 is 15.0 Å². The third-order valence-electron chi connectivity index (χ3n) is 5.72. The largest absolute Gasteiger partial charge is 0.481 e. The number of carboxylic acids is 1. The summed E-state index contributed by atoms with van der Waals surface area (Å²) in [4.78, 5) is 21.0. The molecule has 8 nitrogen and oxygen atoms in total. The van der Waals surface area contributed by atoms with Gasteiger partial charge < -0.3 is 15.5 Å². The van der Waals surface area contributed by atoms with Gasteiger partial charge in [-0.3, -0.25) is 4.79 Å². The molecule has 1 fully saturated rings. The Morgan fingerprint density at radius 1 is 1.26 bits per heavy atom. The number of nitrogens with zero attached hydrogens (tertiary/aromatic N) is 4. The summed E-state index contributed by atoms with van der Waals surface area (Å²) in [5.41, 5.74) is 1.91. The Bertz CT molecular complexity index is 1080. The topological polar surface area (TPSA) is 113 Å². The van der Waals surface area contributed by atoms with Crippen LogP contribution >= 0.6 is 11.3 Å². The van der Waals surface area contributed by atoms with E-state index in [1.54, 1.807) is 17.2 Å². The number of carbonyl (C=O) groups is 1. The molecule has 164 valence electrons. The van der Waals surface area contributed by atoms with E-state index in [0.29, 0.717) is 36.6 Å². The molecule has 0 amide bonds. The van der Waals surface area contributed by atoms with Gasteiger partial charge in [0.1, 0.15) is 16.9 Å². The molecule has 31 heavy (non-hydrogen) atoms. The number of anilines is 2. The minimum atomic E-state index is -1.05. The van der Waals surface area contributed by atoms with Crippen molar-refractivity contribution in [1.82, 2.24) is 19.7 Å². The molecule has 2 heterocycles. The number of thiazole rings is 1. The van der Waals surface area contributed by atoms with Gasteiger partial charge in [-0.05, 0) is 69.7 Å². The first kappa shape index (κ1) is 21.5. The molecular weight excluding hydrogens is 414 g/mol. The van der Waals surface area contributed by atoms with Gasteiger partial charge in [-0.15, -0.1) is 16.4 Å². The minimum Gasteiger partial charge on any atom is -0.481 e. The highest BCUT2D eigenvalue weighted by Gasteiger charge is 2.39. The summed E-state index contributed by atoms with van der Waals surface area (Å²) in [6.07, 6.45) is 5.26. The maximum atomic E-state index is 11.2. The van der Waals surface area contributed by atoms with Crippen LogP contribution in [0.1, 0.15) is 56.1 Å². The fourth-order valence-corrected chi connectivity index (χ4v) is 4.94. The normalized spacial score (nSPS) is 21.4.